The molecule has 0 atom stereocenters. The standard InChI is InChI=1S/4Na.4H3O4P.12H2O.4H/c;;;;4*1-5(2,3)4;;;;;;;;;;;;;;;;/h;;;;4*(H3,1,2,3,4);12*1H2;;;;/q4*+1;;;;;;;;;;;;;;;;;4*-1. The van der Waals surface area contributed by atoms with Gasteiger partial charge in [-0.3, -0.25) is 0 Å². The van der Waals surface area contributed by atoms with Crippen molar-refractivity contribution < 1.29 is 267 Å². The van der Waals surface area contributed by atoms with E-state index in [1.54, 1.807) is 0 Å². The van der Waals surface area contributed by atoms with E-state index in [1.165, 1.54) is 0 Å². The third kappa shape index (κ3) is 3310. The van der Waals surface area contributed by atoms with Crippen LogP contribution >= 0.6 is 31.3 Å². The van der Waals surface area contributed by atoms with Gasteiger partial charge < -0.3 is 130 Å². The molecule has 36 heavy (non-hydrogen) atoms. The van der Waals surface area contributed by atoms with Gasteiger partial charge in [-0.2, -0.15) is 0 Å². The van der Waals surface area contributed by atoms with Gasteiger partial charge in [-0.15, -0.1) is 0 Å². The Balaban J connectivity index is -0.00000000332. The molecule has 0 fully saturated rings. The fourth-order valence-corrected chi connectivity index (χ4v) is 0. The van der Waals surface area contributed by atoms with Crippen LogP contribution in [0.5, 0.6) is 0 Å². The van der Waals surface area contributed by atoms with Crippen molar-refractivity contribution in [2.24, 2.45) is 0 Å². The van der Waals surface area contributed by atoms with Gasteiger partial charge in [0.2, 0.25) is 0 Å². The molecule has 0 amide bonds. The molecule has 36 N–H and O–H groups in total. The second kappa shape index (κ2) is 71.8. The molecule has 0 aromatic carbocycles. The molecule has 0 radical (unpaired) electrons. The second-order valence-corrected chi connectivity index (χ2v) is 6.16. The summed E-state index contributed by atoms with van der Waals surface area (Å²) in [6, 6.07) is 0. The second-order valence-electron chi connectivity index (χ2n) is 2.05. The summed E-state index contributed by atoms with van der Waals surface area (Å²) in [6.45, 7) is 0. The summed E-state index contributed by atoms with van der Waals surface area (Å²) in [4.78, 5) is 86.2. The van der Waals surface area contributed by atoms with E-state index in [-0.39, 0.29) is 190 Å². The summed E-state index contributed by atoms with van der Waals surface area (Å²) in [7, 11) is -18.6. The smallest absolute Gasteiger partial charge is 1.00 e. The predicted molar refractivity (Wildman–Crippen MR) is 105 cm³/mol. The molecule has 0 heterocycles. The quantitative estimate of drug-likeness (QED) is 0.0822. The molecule has 0 aromatic rings. The van der Waals surface area contributed by atoms with Crippen molar-refractivity contribution in [3.63, 3.8) is 0 Å². The van der Waals surface area contributed by atoms with Crippen LogP contribution in [0.15, 0.2) is 0 Å². The molecular weight excluding hydrogens is 664 g/mol. The summed E-state index contributed by atoms with van der Waals surface area (Å²) in [6.07, 6.45) is 0. The minimum absolute atomic E-state index is 0. The van der Waals surface area contributed by atoms with Crippen LogP contribution in [0.3, 0.4) is 0 Å². The Morgan fingerprint density at radius 3 is 0.250 bits per heavy atom. The third-order valence-electron chi connectivity index (χ3n) is 0. The first-order valence-corrected chi connectivity index (χ1v) is 9.39. The number of hydrogen-bond acceptors (Lipinski definition) is 4. The van der Waals surface area contributed by atoms with E-state index in [9.17, 15) is 0 Å². The van der Waals surface area contributed by atoms with Crippen LogP contribution in [0.4, 0.5) is 0 Å². The van der Waals surface area contributed by atoms with Crippen LogP contribution in [0, 0.1) is 0 Å². The van der Waals surface area contributed by atoms with Crippen LogP contribution in [0.1, 0.15) is 5.71 Å². The molecule has 0 aliphatic carbocycles. The molecule has 0 rings (SSSR count). The Hall–Kier alpha value is 3.96. The average molecular weight is 704 g/mol. The first-order valence-electron chi connectivity index (χ1n) is 3.13. The van der Waals surface area contributed by atoms with Gasteiger partial charge in [-0.05, 0) is 0 Å². The molecule has 0 aliphatic heterocycles. The van der Waals surface area contributed by atoms with E-state index in [0.717, 1.165) is 0 Å². The fraction of sp³-hybridized carbons (Fsp3) is 0. The van der Waals surface area contributed by atoms with Crippen molar-refractivity contribution >= 4 is 31.3 Å². The number of phosphoric acid groups is 4. The predicted octanol–water partition coefficient (Wildman–Crippen LogP) is -25.1. The first-order chi connectivity index (χ1) is 8.00. The monoisotopic (exact) mass is 704 g/mol. The van der Waals surface area contributed by atoms with E-state index < -0.39 is 31.3 Å². The third-order valence-corrected chi connectivity index (χ3v) is 0. The maximum atomic E-state index is 8.88. The van der Waals surface area contributed by atoms with Crippen molar-refractivity contribution in [2.75, 3.05) is 0 Å². The minimum Gasteiger partial charge on any atom is -1.00 e. The van der Waals surface area contributed by atoms with Crippen molar-refractivity contribution in [1.29, 1.82) is 0 Å². The van der Waals surface area contributed by atoms with Gasteiger partial charge in [-0.1, -0.05) is 0 Å². The summed E-state index contributed by atoms with van der Waals surface area (Å²) in [5.41, 5.74) is 0. The van der Waals surface area contributed by atoms with Crippen LogP contribution in [-0.4, -0.2) is 124 Å². The Bertz CT molecular complexity index is 319. The Morgan fingerprint density at radius 1 is 0.250 bits per heavy atom. The summed E-state index contributed by atoms with van der Waals surface area (Å²) < 4.78 is 35.5. The van der Waals surface area contributed by atoms with E-state index in [0.29, 0.717) is 0 Å². The Morgan fingerprint density at radius 2 is 0.250 bits per heavy atom. The summed E-state index contributed by atoms with van der Waals surface area (Å²) in [5, 5.41) is 0. The van der Waals surface area contributed by atoms with E-state index in [4.69, 9.17) is 77.0 Å². The van der Waals surface area contributed by atoms with Gasteiger partial charge in [0.05, 0.1) is 0 Å². The van der Waals surface area contributed by atoms with Gasteiger partial charge >= 0.3 is 150 Å². The molecule has 0 unspecified atom stereocenters. The molecule has 0 spiro atoms. The zero-order valence-corrected chi connectivity index (χ0v) is 30.4. The number of hydrogen-bond donors (Lipinski definition) is 12. The topological polar surface area (TPSA) is 689 Å². The maximum Gasteiger partial charge on any atom is 1.00 e. The Labute approximate surface area is 294 Å². The van der Waals surface area contributed by atoms with Crippen molar-refractivity contribution in [3.05, 3.63) is 0 Å². The van der Waals surface area contributed by atoms with E-state index >= 15 is 0 Å². The van der Waals surface area contributed by atoms with E-state index in [1.807, 2.05) is 0 Å². The molecule has 0 saturated heterocycles. The zero-order chi connectivity index (χ0) is 18.0. The van der Waals surface area contributed by atoms with Crippen LogP contribution in [0.2, 0.25) is 0 Å². The summed E-state index contributed by atoms with van der Waals surface area (Å²) >= 11 is 0. The maximum absolute atomic E-state index is 8.88. The SMILES string of the molecule is O.O.O.O.O.O.O.O.O.O.O.O.O=P(O)(O)O.O=P(O)(O)O.O=P(O)(O)O.O=P(O)(O)O.[H-].[H-].[H-].[H-].[Na+].[Na+].[Na+].[Na+]. The van der Waals surface area contributed by atoms with Gasteiger partial charge in [0.1, 0.15) is 0 Å². The van der Waals surface area contributed by atoms with Gasteiger partial charge in [-0.25, -0.2) is 18.3 Å². The molecule has 0 aliphatic rings. The zero-order valence-electron chi connectivity index (χ0n) is 22.8. The fourth-order valence-electron chi connectivity index (χ4n) is 0. The Kier molecular flexibility index (Phi) is 304. The molecule has 36 heteroatoms. The molecule has 0 aromatic heterocycles. The molecule has 0 bridgehead atoms. The van der Waals surface area contributed by atoms with Crippen LogP contribution in [-0.2, 0) is 18.3 Å². The van der Waals surface area contributed by atoms with Crippen LogP contribution in [0.25, 0.3) is 0 Å². The largest absolute Gasteiger partial charge is 1.00 e. The minimum atomic E-state index is -4.64. The number of rotatable bonds is 0. The van der Waals surface area contributed by atoms with Gasteiger partial charge in [0.25, 0.3) is 0 Å². The summed E-state index contributed by atoms with van der Waals surface area (Å²) in [5.74, 6) is 0. The molecular formula is H40Na4O28P4. The van der Waals surface area contributed by atoms with Crippen LogP contribution < -0.4 is 118 Å². The van der Waals surface area contributed by atoms with Gasteiger partial charge in [0.15, 0.2) is 0 Å². The average Bonchev–Trinajstić information content (AvgIpc) is 1.62. The van der Waals surface area contributed by atoms with Gasteiger partial charge in [0, 0.05) is 0 Å². The molecule has 232 valence electrons. The first kappa shape index (κ1) is 152. The van der Waals surface area contributed by atoms with Crippen molar-refractivity contribution in [3.8, 4) is 0 Å². The normalized spacial score (nSPS) is 6.56. The van der Waals surface area contributed by atoms with Crippen molar-refractivity contribution in [1.82, 2.24) is 0 Å². The molecule has 28 nitrogen and oxygen atoms in total. The van der Waals surface area contributed by atoms with E-state index in [2.05, 4.69) is 0 Å². The van der Waals surface area contributed by atoms with Crippen molar-refractivity contribution in [2.45, 2.75) is 0 Å². The molecule has 0 saturated carbocycles.